The Labute approximate surface area is 165 Å². The third kappa shape index (κ3) is 5.73. The van der Waals surface area contributed by atoms with Gasteiger partial charge in [-0.2, -0.15) is 13.2 Å². The fourth-order valence-electron chi connectivity index (χ4n) is 2.22. The normalized spacial score (nSPS) is 10.9. The number of alkyl halides is 3. The highest BCUT2D eigenvalue weighted by molar-refractivity contribution is 5.99. The number of hydrogen-bond acceptors (Lipinski definition) is 6. The minimum atomic E-state index is -4.78. The molecule has 0 saturated carbocycles. The fraction of sp³-hybridized carbons (Fsp3) is 0.438. The summed E-state index contributed by atoms with van der Waals surface area (Å²) in [5, 5.41) is 2.47. The van der Waals surface area contributed by atoms with Crippen molar-refractivity contribution in [2.24, 2.45) is 0 Å². The quantitative estimate of drug-likeness (QED) is 0.465. The van der Waals surface area contributed by atoms with Crippen molar-refractivity contribution in [1.82, 2.24) is 20.8 Å². The number of anilines is 1. The van der Waals surface area contributed by atoms with Crippen molar-refractivity contribution in [1.29, 1.82) is 0 Å². The molecule has 0 fully saturated rings. The zero-order chi connectivity index (χ0) is 20.0. The summed E-state index contributed by atoms with van der Waals surface area (Å²) >= 11 is 0. The van der Waals surface area contributed by atoms with E-state index in [-0.39, 0.29) is 40.6 Å². The number of aromatic nitrogens is 2. The van der Waals surface area contributed by atoms with Crippen molar-refractivity contribution in [3.8, 4) is 11.5 Å². The number of hydrogen-bond donors (Lipinski definition) is 3. The zero-order valence-corrected chi connectivity index (χ0v) is 16.3. The van der Waals surface area contributed by atoms with Crippen LogP contribution in [0.3, 0.4) is 0 Å². The average molecular weight is 424 g/mol. The van der Waals surface area contributed by atoms with Gasteiger partial charge in [0.05, 0.1) is 19.7 Å². The molecule has 2 aromatic rings. The summed E-state index contributed by atoms with van der Waals surface area (Å²) in [6, 6.07) is 1.93. The van der Waals surface area contributed by atoms with E-state index >= 15 is 0 Å². The summed E-state index contributed by atoms with van der Waals surface area (Å²) in [4.78, 5) is 19.0. The molecular formula is C16H21ClF3N5O3. The molecule has 0 aliphatic heterocycles. The predicted octanol–water partition coefficient (Wildman–Crippen LogP) is 3.51. The third-order valence-electron chi connectivity index (χ3n) is 3.54. The van der Waals surface area contributed by atoms with E-state index in [2.05, 4.69) is 26.1 Å². The summed E-state index contributed by atoms with van der Waals surface area (Å²) in [6.45, 7) is 2.50. The molecule has 28 heavy (non-hydrogen) atoms. The van der Waals surface area contributed by atoms with Crippen LogP contribution in [0.4, 0.5) is 23.8 Å². The number of amides is 2. The lowest BCUT2D eigenvalue weighted by molar-refractivity contribution is -0.144. The number of carbonyl (C=O) groups excluding carboxylic acids is 1. The van der Waals surface area contributed by atoms with Crippen LogP contribution in [-0.2, 0) is 6.18 Å². The Balaban J connectivity index is 0.00000392. The van der Waals surface area contributed by atoms with Crippen molar-refractivity contribution in [3.63, 3.8) is 0 Å². The monoisotopic (exact) mass is 423 g/mol. The zero-order valence-electron chi connectivity index (χ0n) is 15.4. The van der Waals surface area contributed by atoms with Crippen LogP contribution < -0.4 is 25.6 Å². The summed E-state index contributed by atoms with van der Waals surface area (Å²) in [5.41, 5.74) is 4.96. The van der Waals surface area contributed by atoms with Gasteiger partial charge in [0.2, 0.25) is 5.82 Å². The molecule has 3 N–H and O–H groups in total. The first-order chi connectivity index (χ1) is 12.8. The standard InChI is InChI=1S/C16H20F3N5O3.ClH/c1-4-5-6-20-24-15(25)23-13-9-7-11(26-2)12(27-3)8-10(9)21-14(22-13)16(17,18)19;/h7-8,20H,4-6H2,1-3H3,(H2,21,22,23,24,25);1H. The Hall–Kier alpha value is -2.53. The van der Waals surface area contributed by atoms with Gasteiger partial charge in [-0.25, -0.2) is 20.2 Å². The molecule has 156 valence electrons. The predicted molar refractivity (Wildman–Crippen MR) is 100.0 cm³/mol. The van der Waals surface area contributed by atoms with E-state index < -0.39 is 18.0 Å². The maximum Gasteiger partial charge on any atom is 0.451 e. The molecule has 12 heteroatoms. The van der Waals surface area contributed by atoms with E-state index in [0.29, 0.717) is 6.54 Å². The smallest absolute Gasteiger partial charge is 0.451 e. The molecule has 1 aromatic carbocycles. The number of fused-ring (bicyclic) bond motifs is 1. The van der Waals surface area contributed by atoms with Crippen LogP contribution in [0.15, 0.2) is 12.1 Å². The second kappa shape index (κ2) is 10.1. The second-order valence-electron chi connectivity index (χ2n) is 5.48. The van der Waals surface area contributed by atoms with Crippen LogP contribution in [0, 0.1) is 0 Å². The molecule has 0 spiro atoms. The van der Waals surface area contributed by atoms with Gasteiger partial charge in [0.1, 0.15) is 5.82 Å². The molecule has 0 radical (unpaired) electrons. The Bertz CT molecular complexity index is 820. The average Bonchev–Trinajstić information content (AvgIpc) is 2.63. The topological polar surface area (TPSA) is 97.4 Å². The van der Waals surface area contributed by atoms with E-state index in [1.807, 2.05) is 6.92 Å². The molecule has 2 amide bonds. The molecule has 2 rings (SSSR count). The number of nitrogens with one attached hydrogen (secondary N) is 3. The molecule has 0 aliphatic rings. The van der Waals surface area contributed by atoms with Gasteiger partial charge in [0.25, 0.3) is 0 Å². The van der Waals surface area contributed by atoms with Crippen molar-refractivity contribution in [3.05, 3.63) is 18.0 Å². The molecule has 1 aromatic heterocycles. The lowest BCUT2D eigenvalue weighted by Crippen LogP contribution is -2.41. The first-order valence-electron chi connectivity index (χ1n) is 8.11. The van der Waals surface area contributed by atoms with Crippen molar-refractivity contribution < 1.29 is 27.4 Å². The number of halogens is 4. The number of hydrazine groups is 1. The number of urea groups is 1. The molecule has 0 saturated heterocycles. The van der Waals surface area contributed by atoms with E-state index in [1.54, 1.807) is 0 Å². The van der Waals surface area contributed by atoms with E-state index in [0.717, 1.165) is 12.8 Å². The SMILES string of the molecule is CCCCNNC(=O)Nc1nc(C(F)(F)F)nc2cc(OC)c(OC)cc12.Cl. The maximum atomic E-state index is 13.1. The van der Waals surface area contributed by atoms with Crippen molar-refractivity contribution in [2.75, 3.05) is 26.1 Å². The fourth-order valence-corrected chi connectivity index (χ4v) is 2.22. The number of rotatable bonds is 7. The van der Waals surface area contributed by atoms with Crippen LogP contribution in [0.5, 0.6) is 11.5 Å². The number of ether oxygens (including phenoxy) is 2. The largest absolute Gasteiger partial charge is 0.493 e. The summed E-state index contributed by atoms with van der Waals surface area (Å²) in [7, 11) is 2.73. The summed E-state index contributed by atoms with van der Waals surface area (Å²) in [6.07, 6.45) is -3.04. The second-order valence-corrected chi connectivity index (χ2v) is 5.48. The molecule has 0 bridgehead atoms. The maximum absolute atomic E-state index is 13.1. The van der Waals surface area contributed by atoms with Crippen LogP contribution in [-0.4, -0.2) is 36.8 Å². The Kier molecular flexibility index (Phi) is 8.51. The molecule has 1 heterocycles. The minimum absolute atomic E-state index is 0. The van der Waals surface area contributed by atoms with Gasteiger partial charge in [0.15, 0.2) is 11.5 Å². The van der Waals surface area contributed by atoms with E-state index in [4.69, 9.17) is 9.47 Å². The first-order valence-corrected chi connectivity index (χ1v) is 8.11. The number of carbonyl (C=O) groups is 1. The number of nitrogens with zero attached hydrogens (tertiary/aromatic N) is 2. The molecule has 8 nitrogen and oxygen atoms in total. The number of unbranched alkanes of at least 4 members (excludes halogenated alkanes) is 1. The summed E-state index contributed by atoms with van der Waals surface area (Å²) < 4.78 is 49.6. The lowest BCUT2D eigenvalue weighted by atomic mass is 10.2. The van der Waals surface area contributed by atoms with E-state index in [9.17, 15) is 18.0 Å². The Morgan fingerprint density at radius 2 is 1.79 bits per heavy atom. The van der Waals surface area contributed by atoms with Crippen molar-refractivity contribution >= 4 is 35.2 Å². The highest BCUT2D eigenvalue weighted by Gasteiger charge is 2.36. The lowest BCUT2D eigenvalue weighted by Gasteiger charge is -2.14. The highest BCUT2D eigenvalue weighted by atomic mass is 35.5. The van der Waals surface area contributed by atoms with Crippen LogP contribution in [0.2, 0.25) is 0 Å². The van der Waals surface area contributed by atoms with Gasteiger partial charge in [-0.3, -0.25) is 10.7 Å². The molecule has 0 unspecified atom stereocenters. The molecular weight excluding hydrogens is 403 g/mol. The first kappa shape index (κ1) is 23.5. The van der Waals surface area contributed by atoms with Gasteiger partial charge in [-0.15, -0.1) is 12.4 Å². The van der Waals surface area contributed by atoms with E-state index in [1.165, 1.54) is 26.4 Å². The van der Waals surface area contributed by atoms with Gasteiger partial charge in [-0.05, 0) is 12.5 Å². The van der Waals surface area contributed by atoms with Crippen LogP contribution in [0.1, 0.15) is 25.6 Å². The Morgan fingerprint density at radius 3 is 2.36 bits per heavy atom. The number of benzene rings is 1. The van der Waals surface area contributed by atoms with Gasteiger partial charge < -0.3 is 9.47 Å². The van der Waals surface area contributed by atoms with Gasteiger partial charge in [0, 0.05) is 18.0 Å². The third-order valence-corrected chi connectivity index (χ3v) is 3.54. The highest BCUT2D eigenvalue weighted by Crippen LogP contribution is 2.36. The van der Waals surface area contributed by atoms with Crippen LogP contribution >= 0.6 is 12.4 Å². The van der Waals surface area contributed by atoms with Gasteiger partial charge >= 0.3 is 12.2 Å². The van der Waals surface area contributed by atoms with Gasteiger partial charge in [-0.1, -0.05) is 13.3 Å². The Morgan fingerprint density at radius 1 is 1.14 bits per heavy atom. The van der Waals surface area contributed by atoms with Crippen molar-refractivity contribution in [2.45, 2.75) is 25.9 Å². The molecule has 0 aliphatic carbocycles. The number of methoxy groups -OCH3 is 2. The molecule has 0 atom stereocenters. The minimum Gasteiger partial charge on any atom is -0.493 e. The van der Waals surface area contributed by atoms with Crippen LogP contribution in [0.25, 0.3) is 10.9 Å². The summed E-state index contributed by atoms with van der Waals surface area (Å²) in [5.74, 6) is -1.22.